The van der Waals surface area contributed by atoms with Crippen LogP contribution < -0.4 is 4.74 Å². The van der Waals surface area contributed by atoms with Crippen molar-refractivity contribution in [2.45, 2.75) is 26.5 Å². The van der Waals surface area contributed by atoms with Crippen LogP contribution in [0.5, 0.6) is 5.75 Å². The summed E-state index contributed by atoms with van der Waals surface area (Å²) in [5.41, 5.74) is 1.46. The van der Waals surface area contributed by atoms with E-state index in [0.29, 0.717) is 11.3 Å². The number of ether oxygens (including phenoxy) is 2. The topological polar surface area (TPSA) is 72.9 Å². The zero-order chi connectivity index (χ0) is 23.4. The molecule has 0 saturated carbocycles. The van der Waals surface area contributed by atoms with Crippen LogP contribution in [-0.4, -0.2) is 34.7 Å². The van der Waals surface area contributed by atoms with E-state index < -0.39 is 23.2 Å². The van der Waals surface area contributed by atoms with Gasteiger partial charge in [-0.05, 0) is 67.1 Å². The standard InChI is InChI=1S/C22H18BrCl2NO5S/c1-3-30-21(28)12(2)26-20(27)18(32-22(26)29)10-14-8-16(24)19(17(25)9-14)31-11-13-4-6-15(23)7-5-13/h4-10,12H,3,11H2,1-2H3/b18-10+/t12-/m0/s1. The SMILES string of the molecule is CCOC(=O)[C@H](C)N1C(=O)S/C(=C/c2cc(Cl)c(OCc3ccc(Br)cc3)c(Cl)c2)C1=O. The minimum absolute atomic E-state index is 0.154. The Morgan fingerprint density at radius 2 is 1.81 bits per heavy atom. The first kappa shape index (κ1) is 24.6. The van der Waals surface area contributed by atoms with Gasteiger partial charge in [-0.1, -0.05) is 51.3 Å². The molecule has 1 aliphatic heterocycles. The second kappa shape index (κ2) is 10.7. The molecule has 1 aliphatic rings. The van der Waals surface area contributed by atoms with Crippen LogP contribution in [0.3, 0.4) is 0 Å². The summed E-state index contributed by atoms with van der Waals surface area (Å²) in [6.45, 7) is 3.53. The van der Waals surface area contributed by atoms with Crippen LogP contribution in [0.15, 0.2) is 45.8 Å². The van der Waals surface area contributed by atoms with Crippen molar-refractivity contribution in [3.63, 3.8) is 0 Å². The number of hydrogen-bond acceptors (Lipinski definition) is 6. The van der Waals surface area contributed by atoms with E-state index in [1.54, 1.807) is 19.1 Å². The molecule has 0 bridgehead atoms. The third-order valence-electron chi connectivity index (χ3n) is 4.45. The highest BCUT2D eigenvalue weighted by molar-refractivity contribution is 9.10. The monoisotopic (exact) mass is 557 g/mol. The molecule has 1 heterocycles. The lowest BCUT2D eigenvalue weighted by Gasteiger charge is -2.19. The van der Waals surface area contributed by atoms with Crippen molar-refractivity contribution in [3.8, 4) is 5.75 Å². The Kier molecular flexibility index (Phi) is 8.27. The number of benzene rings is 2. The van der Waals surface area contributed by atoms with Gasteiger partial charge in [0.15, 0.2) is 5.75 Å². The Bertz CT molecular complexity index is 1070. The number of thioether (sulfide) groups is 1. The van der Waals surface area contributed by atoms with Gasteiger partial charge in [-0.2, -0.15) is 0 Å². The molecule has 0 aromatic heterocycles. The molecule has 0 radical (unpaired) electrons. The molecule has 0 unspecified atom stereocenters. The van der Waals surface area contributed by atoms with Crippen molar-refractivity contribution in [2.24, 2.45) is 0 Å². The highest BCUT2D eigenvalue weighted by Gasteiger charge is 2.41. The molecule has 2 aromatic rings. The van der Waals surface area contributed by atoms with Crippen LogP contribution >= 0.6 is 50.9 Å². The number of halogens is 3. The Morgan fingerprint density at radius 1 is 1.19 bits per heavy atom. The predicted molar refractivity (Wildman–Crippen MR) is 129 cm³/mol. The fraction of sp³-hybridized carbons (Fsp3) is 0.227. The smallest absolute Gasteiger partial charge is 0.329 e. The van der Waals surface area contributed by atoms with Gasteiger partial charge in [0.1, 0.15) is 12.6 Å². The molecule has 1 saturated heterocycles. The molecule has 1 atom stereocenters. The lowest BCUT2D eigenvalue weighted by molar-refractivity contribution is -0.150. The largest absolute Gasteiger partial charge is 0.486 e. The van der Waals surface area contributed by atoms with Gasteiger partial charge >= 0.3 is 5.97 Å². The molecule has 0 N–H and O–H groups in total. The van der Waals surface area contributed by atoms with Crippen LogP contribution in [-0.2, 0) is 20.9 Å². The summed E-state index contributed by atoms with van der Waals surface area (Å²) in [5.74, 6) is -0.907. The van der Waals surface area contributed by atoms with E-state index in [4.69, 9.17) is 32.7 Å². The molecule has 2 amide bonds. The highest BCUT2D eigenvalue weighted by atomic mass is 79.9. The average Bonchev–Trinajstić information content (AvgIpc) is 3.01. The number of carbonyl (C=O) groups is 3. The molecular formula is C22H18BrCl2NO5S. The average molecular weight is 559 g/mol. The maximum absolute atomic E-state index is 12.7. The van der Waals surface area contributed by atoms with Crippen molar-refractivity contribution in [2.75, 3.05) is 6.61 Å². The van der Waals surface area contributed by atoms with Gasteiger partial charge < -0.3 is 9.47 Å². The van der Waals surface area contributed by atoms with Gasteiger partial charge in [0, 0.05) is 4.47 Å². The van der Waals surface area contributed by atoms with Crippen LogP contribution in [0.25, 0.3) is 6.08 Å². The summed E-state index contributed by atoms with van der Waals surface area (Å²) in [6, 6.07) is 9.79. The van der Waals surface area contributed by atoms with Crippen molar-refractivity contribution in [1.29, 1.82) is 0 Å². The van der Waals surface area contributed by atoms with Gasteiger partial charge in [0.2, 0.25) is 0 Å². The van der Waals surface area contributed by atoms with Gasteiger partial charge in [-0.15, -0.1) is 0 Å². The minimum atomic E-state index is -1.02. The normalized spacial score (nSPS) is 15.9. The molecule has 2 aromatic carbocycles. The van der Waals surface area contributed by atoms with Gasteiger partial charge in [-0.3, -0.25) is 14.5 Å². The second-order valence-electron chi connectivity index (χ2n) is 6.71. The minimum Gasteiger partial charge on any atom is -0.486 e. The number of hydrogen-bond donors (Lipinski definition) is 0. The highest BCUT2D eigenvalue weighted by Crippen LogP contribution is 2.38. The third kappa shape index (κ3) is 5.67. The predicted octanol–water partition coefficient (Wildman–Crippen LogP) is 6.32. The molecule has 3 rings (SSSR count). The van der Waals surface area contributed by atoms with Crippen LogP contribution in [0.2, 0.25) is 10.0 Å². The van der Waals surface area contributed by atoms with Crippen LogP contribution in [0, 0.1) is 0 Å². The number of amides is 2. The van der Waals surface area contributed by atoms with Crippen molar-refractivity contribution < 1.29 is 23.9 Å². The number of imide groups is 1. The Labute approximate surface area is 208 Å². The van der Waals surface area contributed by atoms with Gasteiger partial charge in [-0.25, -0.2) is 4.79 Å². The molecule has 6 nitrogen and oxygen atoms in total. The maximum atomic E-state index is 12.7. The molecule has 0 spiro atoms. The molecule has 168 valence electrons. The maximum Gasteiger partial charge on any atom is 0.329 e. The molecule has 0 aliphatic carbocycles. The second-order valence-corrected chi connectivity index (χ2v) is 9.43. The van der Waals surface area contributed by atoms with Crippen molar-refractivity contribution in [3.05, 3.63) is 66.9 Å². The van der Waals surface area contributed by atoms with Gasteiger partial charge in [0.05, 0.1) is 21.6 Å². The van der Waals surface area contributed by atoms with E-state index in [0.717, 1.165) is 26.7 Å². The third-order valence-corrected chi connectivity index (χ3v) is 6.43. The summed E-state index contributed by atoms with van der Waals surface area (Å²) >= 11 is 16.8. The number of carbonyl (C=O) groups excluding carboxylic acids is 3. The fourth-order valence-corrected chi connectivity index (χ4v) is 4.66. The van der Waals surface area contributed by atoms with Crippen molar-refractivity contribution >= 4 is 74.1 Å². The Morgan fingerprint density at radius 3 is 2.41 bits per heavy atom. The first-order chi connectivity index (χ1) is 15.2. The number of esters is 1. The van der Waals surface area contributed by atoms with E-state index >= 15 is 0 Å². The van der Waals surface area contributed by atoms with Crippen LogP contribution in [0.1, 0.15) is 25.0 Å². The summed E-state index contributed by atoms with van der Waals surface area (Å²) in [7, 11) is 0. The first-order valence-electron chi connectivity index (χ1n) is 9.51. The van der Waals surface area contributed by atoms with Gasteiger partial charge in [0.25, 0.3) is 11.1 Å². The first-order valence-corrected chi connectivity index (χ1v) is 11.9. The Hall–Kier alpha value is -2.00. The Balaban J connectivity index is 1.77. The number of nitrogens with zero attached hydrogens (tertiary/aromatic N) is 1. The van der Waals surface area contributed by atoms with E-state index in [9.17, 15) is 14.4 Å². The van der Waals surface area contributed by atoms with E-state index in [2.05, 4.69) is 15.9 Å². The zero-order valence-corrected chi connectivity index (χ0v) is 21.0. The summed E-state index contributed by atoms with van der Waals surface area (Å²) in [5, 5.41) is -0.0200. The molecule has 32 heavy (non-hydrogen) atoms. The fourth-order valence-electron chi connectivity index (χ4n) is 2.87. The lowest BCUT2D eigenvalue weighted by atomic mass is 10.2. The quantitative estimate of drug-likeness (QED) is 0.292. The summed E-state index contributed by atoms with van der Waals surface area (Å²) < 4.78 is 11.6. The molecular weight excluding hydrogens is 541 g/mol. The van der Waals surface area contributed by atoms with E-state index in [-0.39, 0.29) is 28.2 Å². The summed E-state index contributed by atoms with van der Waals surface area (Å²) in [6.07, 6.45) is 1.50. The lowest BCUT2D eigenvalue weighted by Crippen LogP contribution is -2.42. The van der Waals surface area contributed by atoms with E-state index in [1.165, 1.54) is 13.0 Å². The van der Waals surface area contributed by atoms with Crippen molar-refractivity contribution in [1.82, 2.24) is 4.90 Å². The number of rotatable bonds is 7. The van der Waals surface area contributed by atoms with E-state index in [1.807, 2.05) is 24.3 Å². The zero-order valence-electron chi connectivity index (χ0n) is 17.1. The summed E-state index contributed by atoms with van der Waals surface area (Å²) in [4.78, 5) is 38.0. The molecule has 1 fully saturated rings. The molecule has 10 heteroatoms. The van der Waals surface area contributed by atoms with Crippen LogP contribution in [0.4, 0.5) is 4.79 Å².